The van der Waals surface area contributed by atoms with Crippen LogP contribution in [0.5, 0.6) is 11.5 Å². The molecule has 4 unspecified atom stereocenters. The number of anilines is 2. The molecule has 8 fully saturated rings. The van der Waals surface area contributed by atoms with Crippen LogP contribution < -0.4 is 28.7 Å². The van der Waals surface area contributed by atoms with Gasteiger partial charge in [0, 0.05) is 109 Å². The maximum atomic E-state index is 14.1. The van der Waals surface area contributed by atoms with Gasteiger partial charge >= 0.3 is 230 Å². The Kier molecular flexibility index (Phi) is 32.5. The van der Waals surface area contributed by atoms with Gasteiger partial charge in [-0.3, -0.25) is 19.2 Å². The average molecular weight is 2080 g/mol. The van der Waals surface area contributed by atoms with Crippen LogP contribution in [0.2, 0.25) is 0 Å². The number of unbranched alkanes of at least 4 members (excludes halogenated alkanes) is 1. The van der Waals surface area contributed by atoms with Crippen LogP contribution in [-0.4, -0.2) is 138 Å². The normalized spacial score (nSPS) is 22.1. The van der Waals surface area contributed by atoms with E-state index in [9.17, 15) is 36.0 Å². The van der Waals surface area contributed by atoms with Crippen molar-refractivity contribution in [1.82, 2.24) is 27.2 Å². The number of allylic oxidation sites excluding steroid dienone is 2. The topological polar surface area (TPSA) is 202 Å². The first kappa shape index (κ1) is 103. The summed E-state index contributed by atoms with van der Waals surface area (Å²) in [4.78, 5) is 59.7. The molecule has 18 nitrogen and oxygen atoms in total. The van der Waals surface area contributed by atoms with E-state index in [1.807, 2.05) is 66.7 Å². The molecule has 2 N–H and O–H groups in total. The molecule has 7 saturated carbocycles. The number of hydrogen-bond acceptors (Lipinski definition) is 12. The number of ether oxygens (including phenoxy) is 2. The molecule has 140 heavy (non-hydrogen) atoms. The Morgan fingerprint density at radius 3 is 1.59 bits per heavy atom. The van der Waals surface area contributed by atoms with Gasteiger partial charge in [0.25, 0.3) is 11.8 Å². The number of aromatic nitrogens is 2. The molecule has 24 heteroatoms. The summed E-state index contributed by atoms with van der Waals surface area (Å²) in [6.45, 7) is 23.5. The van der Waals surface area contributed by atoms with Crippen LogP contribution in [0.25, 0.3) is 44.3 Å². The number of ketones is 2. The molecule has 4 atom stereocenters. The van der Waals surface area contributed by atoms with Gasteiger partial charge in [0.05, 0.1) is 36.4 Å². The van der Waals surface area contributed by atoms with Gasteiger partial charge in [-0.2, -0.15) is 25.4 Å². The fraction of sp³-hybridized carbons (Fsp3) is 0.500. The monoisotopic (exact) mass is 2080 g/mol. The zero-order valence-corrected chi connectivity index (χ0v) is 90.0. The molecule has 1 spiro atoms. The van der Waals surface area contributed by atoms with Crippen LogP contribution in [0.3, 0.4) is 0 Å². The minimum atomic E-state index is -4.05. The molecule has 9 aromatic rings. The third kappa shape index (κ3) is 21.6. The van der Waals surface area contributed by atoms with Crippen LogP contribution >= 0.6 is 27.3 Å². The Morgan fingerprint density at radius 2 is 1.09 bits per heavy atom. The standard InChI is InChI=1S/C36H43N3O5S.C34H39N3O5S.C21H26N2.C18H33P.C7H6.2ClH.Ru/c1-5-7-9-14-32(40)36-22-30(36)29-21-26(44-4)16-18-27(29)34-33(24-12-10-8-11-13-24)28-17-15-25(20-31(28)39(34)23-36)35(41)37-45(42,43)38(3)19-6-2;1-36-17-9-4-3-8-12-30(38)34-20-28(34)27-19-24(42-2)14-16-25(27)32-31(22-10-6-5-7-11-22)26-15-13-23(18-29(26)37(32)21-34)33(39)35-43(36,40)41;1-14-9-16(3)20(17(4)10-14)22-7-8-23(13-22)21-18(5)11-15(2)12-19(21)6;1-4-10-16(11-5-1)19(17-12-6-2-7-13-17)18-14-8-3-9-15-18;1-7-5-3-2-4-6-7;;;/h5-6,15-18,20-21,24,30H,1-2,7-14,19,22-23H2,3-4H3,(H,37,41);4,9,13-16,18-19,22,28H,3,5-8,10-12,17,20-21H2,1-2H3,(H,35,39);9-12H,7-8H2,1-6H3;16-18H,1-15H2;1-6H;2*1H;/q;;;;;;;+2/p-2. The molecule has 4 aliphatic heterocycles. The number of aryl methyl sites for hydroxylation is 6. The Hall–Kier alpha value is -8.49. The molecule has 2 amide bonds. The number of hydrogen-bond donors (Lipinski definition) is 2. The summed E-state index contributed by atoms with van der Waals surface area (Å²) in [6.07, 6.45) is 47.6. The number of carbonyl (C=O) groups excluding carboxylic acids is 4. The average Bonchev–Trinajstić information content (AvgIpc) is 1.50. The van der Waals surface area contributed by atoms with Crippen molar-refractivity contribution in [2.75, 3.05) is 64.3 Å². The fourth-order valence-electron chi connectivity index (χ4n) is 25.7. The van der Waals surface area contributed by atoms with Crippen molar-refractivity contribution in [1.29, 1.82) is 0 Å². The van der Waals surface area contributed by atoms with Gasteiger partial charge in [-0.25, -0.2) is 9.44 Å². The molecule has 750 valence electrons. The summed E-state index contributed by atoms with van der Waals surface area (Å²) in [5.41, 5.74) is 25.3. The number of rotatable bonds is 20. The van der Waals surface area contributed by atoms with Gasteiger partial charge in [0.1, 0.15) is 23.1 Å². The van der Waals surface area contributed by atoms with Gasteiger partial charge in [0.15, 0.2) is 0 Å². The van der Waals surface area contributed by atoms with E-state index in [4.69, 9.17) is 28.9 Å². The fourth-order valence-corrected chi connectivity index (χ4v) is 38.0. The van der Waals surface area contributed by atoms with E-state index in [1.165, 1.54) is 144 Å². The van der Waals surface area contributed by atoms with Crippen molar-refractivity contribution in [3.8, 4) is 34.0 Å². The molecule has 6 heterocycles. The van der Waals surface area contributed by atoms with Gasteiger partial charge in [-0.05, 0) is 214 Å². The van der Waals surface area contributed by atoms with Crippen molar-refractivity contribution >= 4 is 113 Å². The summed E-state index contributed by atoms with van der Waals surface area (Å²) < 4.78 is 77.3. The molecular formula is C116H147Cl2N8O10PRuS2. The number of methoxy groups -OCH3 is 2. The van der Waals surface area contributed by atoms with E-state index in [1.54, 1.807) is 109 Å². The number of nitrogens with zero attached hydrogens (tertiary/aromatic N) is 6. The summed E-state index contributed by atoms with van der Waals surface area (Å²) in [5, 5.41) is 2.15. The number of carbonyl (C=O) groups is 4. The molecule has 20 rings (SSSR count). The van der Waals surface area contributed by atoms with E-state index in [-0.39, 0.29) is 47.6 Å². The first-order chi connectivity index (χ1) is 67.4. The van der Waals surface area contributed by atoms with E-state index < -0.39 is 55.0 Å². The third-order valence-corrected chi connectivity index (χ3v) is 44.9. The van der Waals surface area contributed by atoms with Crippen LogP contribution in [0, 0.1) is 52.4 Å². The van der Waals surface area contributed by atoms with Crippen molar-refractivity contribution in [3.63, 3.8) is 0 Å². The Balaban J connectivity index is 0.000000134. The maximum absolute atomic E-state index is 14.1. The van der Waals surface area contributed by atoms with Gasteiger partial charge in [-0.1, -0.05) is 141 Å². The van der Waals surface area contributed by atoms with Crippen molar-refractivity contribution < 1.29 is 57.4 Å². The Morgan fingerprint density at radius 1 is 0.593 bits per heavy atom. The zero-order chi connectivity index (χ0) is 98.7. The molecule has 11 aliphatic rings. The first-order valence-electron chi connectivity index (χ1n) is 52.0. The predicted octanol–water partition coefficient (Wildman–Crippen LogP) is 26.7. The summed E-state index contributed by atoms with van der Waals surface area (Å²) >= 11 is -3.44. The van der Waals surface area contributed by atoms with E-state index in [0.717, 1.165) is 157 Å². The van der Waals surface area contributed by atoms with Crippen LogP contribution in [0.15, 0.2) is 165 Å². The van der Waals surface area contributed by atoms with Crippen molar-refractivity contribution in [2.24, 2.45) is 10.8 Å². The quantitative estimate of drug-likeness (QED) is 0.0317. The second-order valence-electron chi connectivity index (χ2n) is 42.0. The molecule has 7 aliphatic carbocycles. The summed E-state index contributed by atoms with van der Waals surface area (Å²) in [6, 6.07) is 42.8. The second-order valence-corrected chi connectivity index (χ2v) is 57.9. The van der Waals surface area contributed by atoms with Crippen molar-refractivity contribution in [3.05, 3.63) is 237 Å². The third-order valence-electron chi connectivity index (χ3n) is 32.5. The number of benzene rings is 7. The number of fused-ring (bicyclic) bond motifs is 11. The first-order valence-corrected chi connectivity index (χ1v) is 62.8. The number of amides is 2. The second kappa shape index (κ2) is 44.2. The number of halogens is 2. The Bertz CT molecular complexity index is 6420. The molecule has 2 aromatic heterocycles. The minimum absolute atomic E-state index is 0.0763. The predicted molar refractivity (Wildman–Crippen MR) is 576 cm³/mol. The van der Waals surface area contributed by atoms with Gasteiger partial charge in [0.2, 0.25) is 0 Å². The van der Waals surface area contributed by atoms with E-state index >= 15 is 0 Å². The van der Waals surface area contributed by atoms with E-state index in [0.29, 0.717) is 58.5 Å². The van der Waals surface area contributed by atoms with Crippen LogP contribution in [0.1, 0.15) is 317 Å². The SMILES string of the molecule is C1CCC(P(C2CCCCC2)C2CCCCC2)CC1.C=CCCCC(=O)C12CC1c1cc(OC)ccc1-c1c(C3CCCCC3)c3ccc(C(=O)NS(=O)(=O)N(C)CC=C)cc3n1C2.COc1ccc2c(c1)C1CC13Cn1c-2c(C2CCCCC2)c2ccc(cc21)C(=O)NS(=O)(=O)N(C)CC=CCCCC3=O.Cc1cc(C)c(N2CCN(c3c(C)cc(C)cc3C)[C]2=[Ru]([Cl])([Cl])=[CH]c2ccccc2)c(C)c1. The number of Topliss-reactive ketones (excluding diaryl/α,β-unsaturated/α-hetero) is 2. The van der Waals surface area contributed by atoms with Crippen molar-refractivity contribution in [2.45, 2.75) is 307 Å². The molecule has 0 radical (unpaired) electrons. The summed E-state index contributed by atoms with van der Waals surface area (Å²) in [7, 11) is 13.3. The molecule has 4 bridgehead atoms. The van der Waals surface area contributed by atoms with E-state index in [2.05, 4.69) is 148 Å². The number of nitrogens with one attached hydrogen (secondary N) is 2. The summed E-state index contributed by atoms with van der Waals surface area (Å²) in [5.74, 6) is 1.70. The molecule has 1 saturated heterocycles. The molecule has 7 aromatic carbocycles. The number of likely N-dealkylation sites (N-methyl/N-ethyl adjacent to an activating group) is 2. The van der Waals surface area contributed by atoms with Crippen LogP contribution in [0.4, 0.5) is 11.4 Å². The Labute approximate surface area is 844 Å². The zero-order valence-electron chi connectivity index (χ0n) is 84.2. The van der Waals surface area contributed by atoms with Crippen LogP contribution in [-0.2, 0) is 55.0 Å². The molecular weight excluding hydrogens is 1930 g/mol. The van der Waals surface area contributed by atoms with Gasteiger partial charge < -0.3 is 18.6 Å². The van der Waals surface area contributed by atoms with Gasteiger partial charge in [-0.15, -0.1) is 13.2 Å².